The number of hydrogen-bond acceptors (Lipinski definition) is 5. The minimum absolute atomic E-state index is 0.821. The summed E-state index contributed by atoms with van der Waals surface area (Å²) >= 11 is 0. The number of methoxy groups -OCH3 is 1. The van der Waals surface area contributed by atoms with E-state index >= 15 is 0 Å². The molecule has 5 heteroatoms. The Kier molecular flexibility index (Phi) is 6.01. The first-order valence-corrected chi connectivity index (χ1v) is 7.70. The van der Waals surface area contributed by atoms with Gasteiger partial charge in [-0.05, 0) is 38.0 Å². The van der Waals surface area contributed by atoms with Crippen LogP contribution in [0.5, 0.6) is 5.75 Å². The van der Waals surface area contributed by atoms with Gasteiger partial charge in [0.05, 0.1) is 7.11 Å². The van der Waals surface area contributed by atoms with E-state index < -0.39 is 0 Å². The third-order valence-electron chi connectivity index (χ3n) is 3.59. The fourth-order valence-corrected chi connectivity index (χ4v) is 2.33. The topological polar surface area (TPSA) is 50.3 Å². The second kappa shape index (κ2) is 8.22. The van der Waals surface area contributed by atoms with E-state index in [0.717, 1.165) is 43.4 Å². The van der Waals surface area contributed by atoms with E-state index in [0.29, 0.717) is 0 Å². The summed E-state index contributed by atoms with van der Waals surface area (Å²) in [6, 6.07) is 10.1. The van der Waals surface area contributed by atoms with Crippen molar-refractivity contribution in [2.24, 2.45) is 0 Å². The molecule has 1 N–H and O–H groups in total. The first-order chi connectivity index (χ1) is 10.8. The minimum atomic E-state index is 0.821. The van der Waals surface area contributed by atoms with Crippen molar-refractivity contribution in [2.75, 3.05) is 37.0 Å². The van der Waals surface area contributed by atoms with Crippen LogP contribution in [-0.2, 0) is 6.42 Å². The predicted octanol–water partition coefficient (Wildman–Crippen LogP) is 2.99. The number of aromatic nitrogens is 2. The molecule has 0 saturated carbocycles. The first kappa shape index (κ1) is 16.1. The Morgan fingerprint density at radius 2 is 1.95 bits per heavy atom. The quantitative estimate of drug-likeness (QED) is 0.812. The van der Waals surface area contributed by atoms with Crippen molar-refractivity contribution in [1.82, 2.24) is 9.97 Å². The highest BCUT2D eigenvalue weighted by atomic mass is 16.5. The average Bonchev–Trinajstić information content (AvgIpc) is 2.57. The van der Waals surface area contributed by atoms with Gasteiger partial charge in [0.2, 0.25) is 0 Å². The van der Waals surface area contributed by atoms with Gasteiger partial charge in [0.1, 0.15) is 23.7 Å². The van der Waals surface area contributed by atoms with E-state index in [4.69, 9.17) is 4.74 Å². The molecule has 0 aliphatic rings. The molecule has 0 spiro atoms. The second-order valence-corrected chi connectivity index (χ2v) is 4.96. The molecule has 5 nitrogen and oxygen atoms in total. The van der Waals surface area contributed by atoms with E-state index in [1.165, 1.54) is 5.56 Å². The van der Waals surface area contributed by atoms with Crippen LogP contribution in [0.2, 0.25) is 0 Å². The molecule has 1 aromatic carbocycles. The fourth-order valence-electron chi connectivity index (χ4n) is 2.33. The summed E-state index contributed by atoms with van der Waals surface area (Å²) in [4.78, 5) is 10.8. The van der Waals surface area contributed by atoms with Gasteiger partial charge in [0.15, 0.2) is 0 Å². The molecule has 0 fully saturated rings. The normalized spacial score (nSPS) is 10.3. The van der Waals surface area contributed by atoms with Crippen LogP contribution in [0, 0.1) is 0 Å². The monoisotopic (exact) mass is 300 g/mol. The van der Waals surface area contributed by atoms with Crippen LogP contribution < -0.4 is 15.0 Å². The van der Waals surface area contributed by atoms with Gasteiger partial charge in [0.25, 0.3) is 0 Å². The van der Waals surface area contributed by atoms with Crippen molar-refractivity contribution in [3.63, 3.8) is 0 Å². The van der Waals surface area contributed by atoms with Crippen molar-refractivity contribution < 1.29 is 4.74 Å². The lowest BCUT2D eigenvalue weighted by Gasteiger charge is -2.19. The largest absolute Gasteiger partial charge is 0.497 e. The maximum Gasteiger partial charge on any atom is 0.134 e. The molecule has 1 heterocycles. The molecule has 2 aromatic rings. The third-order valence-corrected chi connectivity index (χ3v) is 3.59. The zero-order chi connectivity index (χ0) is 15.8. The van der Waals surface area contributed by atoms with Gasteiger partial charge >= 0.3 is 0 Å². The highest BCUT2D eigenvalue weighted by Crippen LogP contribution is 2.15. The molecule has 2 rings (SSSR count). The number of benzene rings is 1. The highest BCUT2D eigenvalue weighted by Gasteiger charge is 2.05. The Labute approximate surface area is 132 Å². The molecule has 0 aliphatic carbocycles. The number of ether oxygens (including phenoxy) is 1. The maximum absolute atomic E-state index is 5.24. The summed E-state index contributed by atoms with van der Waals surface area (Å²) in [5.74, 6) is 2.71. The summed E-state index contributed by atoms with van der Waals surface area (Å²) in [5.41, 5.74) is 1.24. The number of nitrogens with zero attached hydrogens (tertiary/aromatic N) is 3. The van der Waals surface area contributed by atoms with Gasteiger partial charge in [-0.25, -0.2) is 9.97 Å². The zero-order valence-corrected chi connectivity index (χ0v) is 13.5. The maximum atomic E-state index is 5.24. The fraction of sp³-hybridized carbons (Fsp3) is 0.412. The van der Waals surface area contributed by atoms with E-state index in [1.807, 2.05) is 18.2 Å². The van der Waals surface area contributed by atoms with E-state index in [-0.39, 0.29) is 0 Å². The van der Waals surface area contributed by atoms with Gasteiger partial charge in [0, 0.05) is 25.7 Å². The Balaban J connectivity index is 1.92. The van der Waals surface area contributed by atoms with Crippen molar-refractivity contribution in [3.05, 3.63) is 42.2 Å². The summed E-state index contributed by atoms with van der Waals surface area (Å²) in [7, 11) is 1.69. The van der Waals surface area contributed by atoms with Crippen LogP contribution >= 0.6 is 0 Å². The van der Waals surface area contributed by atoms with Crippen LogP contribution in [0.1, 0.15) is 19.4 Å². The molecular weight excluding hydrogens is 276 g/mol. The summed E-state index contributed by atoms with van der Waals surface area (Å²) < 4.78 is 5.24. The van der Waals surface area contributed by atoms with Gasteiger partial charge in [-0.2, -0.15) is 0 Å². The molecule has 0 saturated heterocycles. The van der Waals surface area contributed by atoms with Crippen LogP contribution in [0.3, 0.4) is 0 Å². The Morgan fingerprint density at radius 1 is 1.14 bits per heavy atom. The van der Waals surface area contributed by atoms with Crippen molar-refractivity contribution in [3.8, 4) is 5.75 Å². The number of hydrogen-bond donors (Lipinski definition) is 1. The number of anilines is 2. The number of nitrogens with one attached hydrogen (secondary N) is 1. The van der Waals surface area contributed by atoms with Gasteiger partial charge in [-0.1, -0.05) is 12.1 Å². The smallest absolute Gasteiger partial charge is 0.134 e. The van der Waals surface area contributed by atoms with Gasteiger partial charge in [-0.15, -0.1) is 0 Å². The predicted molar refractivity (Wildman–Crippen MR) is 90.8 cm³/mol. The molecule has 0 atom stereocenters. The molecule has 0 bridgehead atoms. The van der Waals surface area contributed by atoms with Crippen molar-refractivity contribution in [2.45, 2.75) is 20.3 Å². The van der Waals surface area contributed by atoms with Crippen LogP contribution in [0.15, 0.2) is 36.7 Å². The Hall–Kier alpha value is -2.30. The van der Waals surface area contributed by atoms with Crippen LogP contribution in [-0.4, -0.2) is 36.7 Å². The lowest BCUT2D eigenvalue weighted by molar-refractivity contribution is 0.414. The third kappa shape index (κ3) is 4.35. The van der Waals surface area contributed by atoms with Crippen LogP contribution in [0.4, 0.5) is 11.6 Å². The molecule has 22 heavy (non-hydrogen) atoms. The average molecular weight is 300 g/mol. The molecule has 118 valence electrons. The molecule has 0 aliphatic heterocycles. The first-order valence-electron chi connectivity index (χ1n) is 7.70. The van der Waals surface area contributed by atoms with Crippen molar-refractivity contribution >= 4 is 11.6 Å². The lowest BCUT2D eigenvalue weighted by Crippen LogP contribution is -2.23. The van der Waals surface area contributed by atoms with Crippen LogP contribution in [0.25, 0.3) is 0 Å². The van der Waals surface area contributed by atoms with Gasteiger partial charge in [-0.3, -0.25) is 0 Å². The summed E-state index contributed by atoms with van der Waals surface area (Å²) in [5, 5.41) is 3.36. The van der Waals surface area contributed by atoms with Gasteiger partial charge < -0.3 is 15.0 Å². The zero-order valence-electron chi connectivity index (χ0n) is 13.5. The molecular formula is C17H24N4O. The minimum Gasteiger partial charge on any atom is -0.497 e. The van der Waals surface area contributed by atoms with E-state index in [9.17, 15) is 0 Å². The Morgan fingerprint density at radius 3 is 2.68 bits per heavy atom. The molecule has 1 aromatic heterocycles. The summed E-state index contributed by atoms with van der Waals surface area (Å²) in [6.45, 7) is 6.96. The second-order valence-electron chi connectivity index (χ2n) is 4.96. The summed E-state index contributed by atoms with van der Waals surface area (Å²) in [6.07, 6.45) is 2.53. The lowest BCUT2D eigenvalue weighted by atomic mass is 10.1. The van der Waals surface area contributed by atoms with Crippen molar-refractivity contribution in [1.29, 1.82) is 0 Å². The molecule has 0 amide bonds. The van der Waals surface area contributed by atoms with E-state index in [2.05, 4.69) is 46.2 Å². The Bertz CT molecular complexity index is 584. The molecule has 0 unspecified atom stereocenters. The number of rotatable bonds is 8. The van der Waals surface area contributed by atoms with E-state index in [1.54, 1.807) is 13.4 Å². The highest BCUT2D eigenvalue weighted by molar-refractivity contribution is 5.48. The SMILES string of the molecule is CCN(CC)c1cc(NCCc2cccc(OC)c2)ncn1. The standard InChI is InChI=1S/C17H24N4O/c1-4-21(5-2)17-12-16(19-13-20-17)18-10-9-14-7-6-8-15(11-14)22-3/h6-8,11-13H,4-5,9-10H2,1-3H3,(H,18,19,20). The molecule has 0 radical (unpaired) electrons.